The van der Waals surface area contributed by atoms with Gasteiger partial charge < -0.3 is 23.8 Å². The molecule has 366 valence electrons. The van der Waals surface area contributed by atoms with E-state index in [9.17, 15) is 19.5 Å². The van der Waals surface area contributed by atoms with Crippen molar-refractivity contribution in [3.63, 3.8) is 0 Å². The minimum absolute atomic E-state index is 0.0403. The number of nitrogens with zero attached hydrogens (tertiary/aromatic N) is 1. The van der Waals surface area contributed by atoms with Crippen molar-refractivity contribution in [3.8, 4) is 0 Å². The maximum Gasteiger partial charge on any atom is 0.362 e. The molecular formula is C56H96NO7+. The number of aliphatic carboxylic acids is 1. The smallest absolute Gasteiger partial charge is 0.362 e. The minimum atomic E-state index is -0.885. The molecule has 0 aliphatic rings. The predicted octanol–water partition coefficient (Wildman–Crippen LogP) is 14.9. The van der Waals surface area contributed by atoms with E-state index in [1.165, 1.54) is 116 Å². The lowest BCUT2D eigenvalue weighted by atomic mass is 10.0. The first-order valence-corrected chi connectivity index (χ1v) is 25.7. The lowest BCUT2D eigenvalue weighted by Gasteiger charge is -2.31. The molecule has 0 aliphatic heterocycles. The third-order valence-electron chi connectivity index (χ3n) is 11.2. The van der Waals surface area contributed by atoms with Gasteiger partial charge in [-0.3, -0.25) is 9.59 Å². The Kier molecular flexibility index (Phi) is 43.5. The van der Waals surface area contributed by atoms with Crippen molar-refractivity contribution in [1.29, 1.82) is 0 Å². The summed E-state index contributed by atoms with van der Waals surface area (Å²) < 4.78 is 17.3. The molecule has 0 aromatic rings. The molecule has 64 heavy (non-hydrogen) atoms. The van der Waals surface area contributed by atoms with E-state index in [0.717, 1.165) is 51.4 Å². The van der Waals surface area contributed by atoms with Crippen molar-refractivity contribution in [2.24, 2.45) is 0 Å². The van der Waals surface area contributed by atoms with Crippen LogP contribution in [0.2, 0.25) is 0 Å². The first kappa shape index (κ1) is 60.5. The topological polar surface area (TPSA) is 99.1 Å². The van der Waals surface area contributed by atoms with Gasteiger partial charge in [-0.2, -0.15) is 0 Å². The Bertz CT molecular complexity index is 1320. The number of allylic oxidation sites excluding steroid dienone is 14. The van der Waals surface area contributed by atoms with Crippen molar-refractivity contribution in [2.75, 3.05) is 41.0 Å². The average Bonchev–Trinajstić information content (AvgIpc) is 3.26. The molecule has 8 nitrogen and oxygen atoms in total. The van der Waals surface area contributed by atoms with Crippen LogP contribution in [-0.2, 0) is 28.6 Å². The van der Waals surface area contributed by atoms with Crippen molar-refractivity contribution < 1.29 is 38.2 Å². The molecule has 0 bridgehead atoms. The Morgan fingerprint density at radius 3 is 1.36 bits per heavy atom. The van der Waals surface area contributed by atoms with E-state index in [-0.39, 0.29) is 36.2 Å². The predicted molar refractivity (Wildman–Crippen MR) is 270 cm³/mol. The van der Waals surface area contributed by atoms with E-state index in [1.54, 1.807) is 0 Å². The monoisotopic (exact) mass is 895 g/mol. The van der Waals surface area contributed by atoms with Crippen molar-refractivity contribution in [3.05, 3.63) is 85.1 Å². The Morgan fingerprint density at radius 2 is 0.891 bits per heavy atom. The highest BCUT2D eigenvalue weighted by molar-refractivity contribution is 5.72. The second-order valence-electron chi connectivity index (χ2n) is 18.2. The highest BCUT2D eigenvalue weighted by Gasteiger charge is 2.31. The molecule has 2 atom stereocenters. The van der Waals surface area contributed by atoms with Crippen LogP contribution >= 0.6 is 0 Å². The van der Waals surface area contributed by atoms with Crippen LogP contribution in [0.15, 0.2) is 85.1 Å². The van der Waals surface area contributed by atoms with Crippen molar-refractivity contribution in [1.82, 2.24) is 0 Å². The number of carboxylic acid groups (broad SMARTS) is 1. The summed E-state index contributed by atoms with van der Waals surface area (Å²) >= 11 is 0. The zero-order valence-electron chi connectivity index (χ0n) is 41.7. The van der Waals surface area contributed by atoms with Crippen molar-refractivity contribution in [2.45, 2.75) is 212 Å². The van der Waals surface area contributed by atoms with Gasteiger partial charge in [0.15, 0.2) is 12.1 Å². The summed E-state index contributed by atoms with van der Waals surface area (Å²) in [5.74, 6) is -1.53. The number of unbranched alkanes of at least 4 members (excludes halogenated alkanes) is 22. The van der Waals surface area contributed by atoms with E-state index in [4.69, 9.17) is 14.2 Å². The Morgan fingerprint density at radius 1 is 0.484 bits per heavy atom. The van der Waals surface area contributed by atoms with Gasteiger partial charge in [0, 0.05) is 19.3 Å². The van der Waals surface area contributed by atoms with Crippen molar-refractivity contribution >= 4 is 17.9 Å². The molecule has 2 unspecified atom stereocenters. The van der Waals surface area contributed by atoms with Crippen LogP contribution in [0.25, 0.3) is 0 Å². The number of quaternary nitrogens is 1. The van der Waals surface area contributed by atoms with E-state index in [1.807, 2.05) is 81.9 Å². The highest BCUT2D eigenvalue weighted by atomic mass is 16.6. The molecule has 0 saturated heterocycles. The minimum Gasteiger partial charge on any atom is -0.477 e. The molecule has 0 saturated carbocycles. The van der Waals surface area contributed by atoms with E-state index in [0.29, 0.717) is 19.3 Å². The number of carbonyl (C=O) groups excluding carboxylic acids is 2. The van der Waals surface area contributed by atoms with Gasteiger partial charge in [-0.15, -0.1) is 0 Å². The fourth-order valence-corrected chi connectivity index (χ4v) is 7.24. The maximum atomic E-state index is 12.8. The summed E-state index contributed by atoms with van der Waals surface area (Å²) in [5.41, 5.74) is 0. The van der Waals surface area contributed by atoms with Crippen LogP contribution in [0.4, 0.5) is 0 Å². The number of hydrogen-bond acceptors (Lipinski definition) is 6. The molecular weight excluding hydrogens is 799 g/mol. The summed E-state index contributed by atoms with van der Waals surface area (Å²) in [5, 5.41) is 9.65. The second-order valence-corrected chi connectivity index (χ2v) is 18.2. The number of carboxylic acids is 1. The Balaban J connectivity index is 4.31. The molecule has 0 rings (SSSR count). The first-order valence-electron chi connectivity index (χ1n) is 25.7. The molecule has 8 heteroatoms. The SMILES string of the molecule is CC/C=C/C=C/C=C/C=C/C=C/C=C/CCCCCC(=O)OCC(COCCC(C(=O)O)[N+](C)(C)C)OC(=O)CCCCCCCCC/C=C/CCCCCCCCCCCCCC. The summed E-state index contributed by atoms with van der Waals surface area (Å²) in [6, 6.07) is -0.628. The number of esters is 2. The van der Waals surface area contributed by atoms with Gasteiger partial charge in [0.1, 0.15) is 6.61 Å². The van der Waals surface area contributed by atoms with E-state index >= 15 is 0 Å². The quantitative estimate of drug-likeness (QED) is 0.0214. The molecule has 0 spiro atoms. The molecule has 0 aromatic carbocycles. The third-order valence-corrected chi connectivity index (χ3v) is 11.2. The molecule has 0 aromatic heterocycles. The zero-order chi connectivity index (χ0) is 47.0. The number of likely N-dealkylation sites (N-methyl/N-ethyl adjacent to an activating group) is 1. The highest BCUT2D eigenvalue weighted by Crippen LogP contribution is 2.15. The van der Waals surface area contributed by atoms with Gasteiger partial charge in [-0.05, 0) is 57.8 Å². The van der Waals surface area contributed by atoms with Crippen LogP contribution < -0.4 is 0 Å². The lowest BCUT2D eigenvalue weighted by molar-refractivity contribution is -0.887. The molecule has 0 fully saturated rings. The van der Waals surface area contributed by atoms with Crippen LogP contribution in [-0.4, -0.2) is 80.6 Å². The van der Waals surface area contributed by atoms with Gasteiger partial charge in [-0.1, -0.05) is 208 Å². The Labute approximate surface area is 393 Å². The largest absolute Gasteiger partial charge is 0.477 e. The number of rotatable bonds is 45. The number of ether oxygens (including phenoxy) is 3. The molecule has 1 N–H and O–H groups in total. The number of hydrogen-bond donors (Lipinski definition) is 1. The first-order chi connectivity index (χ1) is 31.1. The van der Waals surface area contributed by atoms with Crippen LogP contribution in [0.3, 0.4) is 0 Å². The van der Waals surface area contributed by atoms with Crippen LogP contribution in [0.1, 0.15) is 200 Å². The zero-order valence-corrected chi connectivity index (χ0v) is 41.7. The third kappa shape index (κ3) is 43.7. The Hall–Kier alpha value is -3.49. The van der Waals surface area contributed by atoms with E-state index < -0.39 is 18.1 Å². The lowest BCUT2D eigenvalue weighted by Crippen LogP contribution is -2.50. The summed E-state index contributed by atoms with van der Waals surface area (Å²) in [6.45, 7) is 4.55. The average molecular weight is 895 g/mol. The van der Waals surface area contributed by atoms with Gasteiger partial charge in [0.25, 0.3) is 0 Å². The fourth-order valence-electron chi connectivity index (χ4n) is 7.24. The van der Waals surface area contributed by atoms with E-state index in [2.05, 4.69) is 38.2 Å². The van der Waals surface area contributed by atoms with Crippen LogP contribution in [0.5, 0.6) is 0 Å². The maximum absolute atomic E-state index is 12.8. The second kappa shape index (κ2) is 46.1. The molecule has 0 aliphatic carbocycles. The fraction of sp³-hybridized carbons (Fsp3) is 0.696. The molecule has 0 heterocycles. The summed E-state index contributed by atoms with van der Waals surface area (Å²) in [6.07, 6.45) is 60.7. The summed E-state index contributed by atoms with van der Waals surface area (Å²) in [7, 11) is 5.51. The number of carbonyl (C=O) groups is 3. The standard InChI is InChI=1S/C56H95NO7/c1-6-8-10-12-14-16-18-20-22-24-25-26-27-28-29-31-33-35-37-39-41-43-45-47-55(59)64-52(50-62-49-48-53(56(60)61)57(3,4)5)51-63-54(58)46-44-42-40-38-36-34-32-30-23-21-19-17-15-13-11-9-7-2/h9,11,13,15,17,19,21,23,28-30,32,34,36,52-53H,6-8,10,12,14,16,18,20,22,24-27,31,33,35,37-51H2,1-5H3/p+1/b11-9+,15-13+,19-17+,23-21+,29-28+,32-30+,36-34+. The normalized spacial score (nSPS) is 13.6. The van der Waals surface area contributed by atoms with Gasteiger partial charge in [-0.25, -0.2) is 4.79 Å². The molecule has 0 radical (unpaired) electrons. The van der Waals surface area contributed by atoms with Gasteiger partial charge >= 0.3 is 17.9 Å². The van der Waals surface area contributed by atoms with Crippen LogP contribution in [0, 0.1) is 0 Å². The molecule has 0 amide bonds. The van der Waals surface area contributed by atoms with Gasteiger partial charge in [0.05, 0.1) is 34.4 Å². The summed E-state index contributed by atoms with van der Waals surface area (Å²) in [4.78, 5) is 37.1. The van der Waals surface area contributed by atoms with Gasteiger partial charge in [0.2, 0.25) is 0 Å².